The Bertz CT molecular complexity index is 536. The van der Waals surface area contributed by atoms with E-state index in [-0.39, 0.29) is 34.2 Å². The predicted molar refractivity (Wildman–Crippen MR) is 113 cm³/mol. The van der Waals surface area contributed by atoms with Gasteiger partial charge >= 0.3 is 0 Å². The average molecular weight is 430 g/mol. The molecule has 0 saturated heterocycles. The summed E-state index contributed by atoms with van der Waals surface area (Å²) in [6, 6.07) is 1.59. The fourth-order valence-corrected chi connectivity index (χ4v) is 3.73. The molecule has 1 aliphatic rings. The zero-order chi connectivity index (χ0) is 18.1. The van der Waals surface area contributed by atoms with Crippen LogP contribution in [-0.2, 0) is 13.0 Å². The number of unbranched alkanes of at least 4 members (excludes halogenated alkanes) is 9. The van der Waals surface area contributed by atoms with Crippen LogP contribution in [0.1, 0.15) is 82.3 Å². The Morgan fingerprint density at radius 3 is 2.04 bits per heavy atom. The van der Waals surface area contributed by atoms with Gasteiger partial charge in [0.25, 0.3) is 0 Å². The van der Waals surface area contributed by atoms with Crippen molar-refractivity contribution in [1.29, 1.82) is 0 Å². The number of hydrogen-bond acceptors (Lipinski definition) is 4. The Balaban J connectivity index is 0.00000338. The Morgan fingerprint density at radius 2 is 1.42 bits per heavy atom. The molecule has 4 nitrogen and oxygen atoms in total. The minimum Gasteiger partial charge on any atom is -0.504 e. The van der Waals surface area contributed by atoms with E-state index in [0.29, 0.717) is 6.54 Å². The van der Waals surface area contributed by atoms with Gasteiger partial charge in [0, 0.05) is 18.7 Å². The number of benzene rings is 1. The van der Waals surface area contributed by atoms with Gasteiger partial charge in [-0.1, -0.05) is 64.7 Å². The first-order chi connectivity index (χ1) is 12.1. The second-order valence-corrected chi connectivity index (χ2v) is 7.44. The summed E-state index contributed by atoms with van der Waals surface area (Å²) >= 11 is 0. The van der Waals surface area contributed by atoms with Crippen LogP contribution in [0.5, 0.6) is 17.2 Å². The largest absolute Gasteiger partial charge is 0.504 e. The molecule has 0 amide bonds. The van der Waals surface area contributed by atoms with Gasteiger partial charge in [-0.15, -0.1) is 17.0 Å². The van der Waals surface area contributed by atoms with Gasteiger partial charge in [0.1, 0.15) is 0 Å². The van der Waals surface area contributed by atoms with Gasteiger partial charge in [-0.05, 0) is 31.0 Å². The van der Waals surface area contributed by atoms with Crippen molar-refractivity contribution in [1.82, 2.24) is 4.90 Å². The van der Waals surface area contributed by atoms with E-state index in [1.54, 1.807) is 6.07 Å². The van der Waals surface area contributed by atoms with E-state index in [1.807, 2.05) is 0 Å². The Morgan fingerprint density at radius 1 is 0.846 bits per heavy atom. The topological polar surface area (TPSA) is 63.9 Å². The van der Waals surface area contributed by atoms with Crippen LogP contribution >= 0.6 is 17.0 Å². The lowest BCUT2D eigenvalue weighted by Crippen LogP contribution is -2.31. The van der Waals surface area contributed by atoms with Crippen LogP contribution in [0.15, 0.2) is 6.07 Å². The van der Waals surface area contributed by atoms with Gasteiger partial charge in [0.05, 0.1) is 0 Å². The van der Waals surface area contributed by atoms with Crippen LogP contribution in [-0.4, -0.2) is 33.3 Å². The van der Waals surface area contributed by atoms with Crippen LogP contribution in [0.3, 0.4) is 0 Å². The lowest BCUT2D eigenvalue weighted by molar-refractivity contribution is 0.241. The van der Waals surface area contributed by atoms with Crippen molar-refractivity contribution >= 4 is 17.0 Å². The van der Waals surface area contributed by atoms with Crippen molar-refractivity contribution in [2.45, 2.75) is 84.1 Å². The van der Waals surface area contributed by atoms with E-state index >= 15 is 0 Å². The van der Waals surface area contributed by atoms with Crippen LogP contribution in [0.2, 0.25) is 0 Å². The zero-order valence-electron chi connectivity index (χ0n) is 16.2. The first-order valence-electron chi connectivity index (χ1n) is 10.1. The molecule has 2 rings (SSSR count). The van der Waals surface area contributed by atoms with E-state index < -0.39 is 0 Å². The minimum absolute atomic E-state index is 0. The molecule has 0 fully saturated rings. The molecule has 0 saturated carbocycles. The first kappa shape index (κ1) is 23.1. The molecule has 0 atom stereocenters. The second-order valence-electron chi connectivity index (χ2n) is 7.44. The molecule has 0 bridgehead atoms. The predicted octanol–water partition coefficient (Wildman–Crippen LogP) is 5.66. The summed E-state index contributed by atoms with van der Waals surface area (Å²) in [7, 11) is 0. The second kappa shape index (κ2) is 12.4. The molecule has 0 aliphatic carbocycles. The van der Waals surface area contributed by atoms with Gasteiger partial charge in [-0.25, -0.2) is 0 Å². The molecule has 0 unspecified atom stereocenters. The highest BCUT2D eigenvalue weighted by atomic mass is 79.9. The van der Waals surface area contributed by atoms with Gasteiger partial charge in [0.15, 0.2) is 11.5 Å². The lowest BCUT2D eigenvalue weighted by atomic mass is 9.97. The fourth-order valence-electron chi connectivity index (χ4n) is 3.73. The number of hydrogen-bond donors (Lipinski definition) is 3. The number of phenolic OH excluding ortho intramolecular Hbond substituents is 3. The van der Waals surface area contributed by atoms with Crippen molar-refractivity contribution in [2.24, 2.45) is 0 Å². The summed E-state index contributed by atoms with van der Waals surface area (Å²) in [6.45, 7) is 4.91. The molecular weight excluding hydrogens is 394 g/mol. The fraction of sp³-hybridized carbons (Fsp3) is 0.714. The number of fused-ring (bicyclic) bond motifs is 1. The molecule has 26 heavy (non-hydrogen) atoms. The SMILES string of the molecule is Br.CCCCCCCCCCCCN1CCc2cc(O)c(O)c(O)c2C1. The highest BCUT2D eigenvalue weighted by Gasteiger charge is 2.23. The number of phenols is 3. The molecule has 150 valence electrons. The zero-order valence-corrected chi connectivity index (χ0v) is 17.9. The Labute approximate surface area is 169 Å². The highest BCUT2D eigenvalue weighted by Crippen LogP contribution is 2.41. The quantitative estimate of drug-likeness (QED) is 0.313. The standard InChI is InChI=1S/C21H35NO3.BrH/c1-2-3-4-5-6-7-8-9-10-11-13-22-14-12-17-15-19(23)21(25)20(24)18(17)16-22;/h15,23-25H,2-14,16H2,1H3;1H. The summed E-state index contributed by atoms with van der Waals surface area (Å²) in [4.78, 5) is 2.34. The summed E-state index contributed by atoms with van der Waals surface area (Å²) in [6.07, 6.45) is 14.2. The molecule has 3 N–H and O–H groups in total. The summed E-state index contributed by atoms with van der Waals surface area (Å²) in [5.74, 6) is -0.762. The molecule has 1 aromatic rings. The van der Waals surface area contributed by atoms with E-state index in [1.165, 1.54) is 64.2 Å². The normalized spacial score (nSPS) is 14.0. The van der Waals surface area contributed by atoms with Crippen LogP contribution in [0, 0.1) is 0 Å². The maximum atomic E-state index is 10.1. The van der Waals surface area contributed by atoms with E-state index in [2.05, 4.69) is 11.8 Å². The Hall–Kier alpha value is -0.940. The minimum atomic E-state index is -0.389. The maximum Gasteiger partial charge on any atom is 0.200 e. The number of aromatic hydroxyl groups is 3. The van der Waals surface area contributed by atoms with E-state index in [4.69, 9.17) is 0 Å². The lowest BCUT2D eigenvalue weighted by Gasteiger charge is -2.29. The Kier molecular flexibility index (Phi) is 11.1. The highest BCUT2D eigenvalue weighted by molar-refractivity contribution is 8.93. The van der Waals surface area contributed by atoms with E-state index in [0.717, 1.165) is 30.6 Å². The number of nitrogens with zero attached hydrogens (tertiary/aromatic N) is 1. The van der Waals surface area contributed by atoms with Crippen molar-refractivity contribution in [3.8, 4) is 17.2 Å². The van der Waals surface area contributed by atoms with Crippen molar-refractivity contribution in [2.75, 3.05) is 13.1 Å². The van der Waals surface area contributed by atoms with Crippen LogP contribution in [0.4, 0.5) is 0 Å². The molecule has 0 radical (unpaired) electrons. The average Bonchev–Trinajstić information content (AvgIpc) is 2.62. The summed E-state index contributed by atoms with van der Waals surface area (Å²) in [5, 5.41) is 29.3. The van der Waals surface area contributed by atoms with Gasteiger partial charge in [0.2, 0.25) is 5.75 Å². The van der Waals surface area contributed by atoms with Gasteiger partial charge in [-0.2, -0.15) is 0 Å². The van der Waals surface area contributed by atoms with Crippen molar-refractivity contribution in [3.63, 3.8) is 0 Å². The molecule has 0 aromatic heterocycles. The number of rotatable bonds is 11. The third kappa shape index (κ3) is 6.99. The molecule has 1 aromatic carbocycles. The summed E-state index contributed by atoms with van der Waals surface area (Å²) in [5.41, 5.74) is 1.72. The monoisotopic (exact) mass is 429 g/mol. The molecule has 1 heterocycles. The van der Waals surface area contributed by atoms with Crippen LogP contribution in [0.25, 0.3) is 0 Å². The van der Waals surface area contributed by atoms with Crippen LogP contribution < -0.4 is 0 Å². The summed E-state index contributed by atoms with van der Waals surface area (Å²) < 4.78 is 0. The van der Waals surface area contributed by atoms with Gasteiger partial charge in [-0.3, -0.25) is 4.90 Å². The molecule has 5 heteroatoms. The molecule has 1 aliphatic heterocycles. The molecular formula is C21H36BrNO3. The van der Waals surface area contributed by atoms with Crippen molar-refractivity contribution in [3.05, 3.63) is 17.2 Å². The maximum absolute atomic E-state index is 10.1. The number of halogens is 1. The molecule has 0 spiro atoms. The van der Waals surface area contributed by atoms with Gasteiger partial charge < -0.3 is 15.3 Å². The smallest absolute Gasteiger partial charge is 0.200 e. The first-order valence-corrected chi connectivity index (χ1v) is 10.1. The van der Waals surface area contributed by atoms with Crippen molar-refractivity contribution < 1.29 is 15.3 Å². The van der Waals surface area contributed by atoms with E-state index in [9.17, 15) is 15.3 Å². The third-order valence-corrected chi connectivity index (χ3v) is 5.36. The third-order valence-electron chi connectivity index (χ3n) is 5.36.